The minimum absolute atomic E-state index is 0.0339. The summed E-state index contributed by atoms with van der Waals surface area (Å²) < 4.78 is 0. The Bertz CT molecular complexity index is 301. The van der Waals surface area contributed by atoms with Crippen molar-refractivity contribution in [1.82, 2.24) is 9.80 Å². The topological polar surface area (TPSA) is 56.1 Å². The van der Waals surface area contributed by atoms with Crippen molar-refractivity contribution in [2.45, 2.75) is 38.6 Å². The molecule has 1 unspecified atom stereocenters. The third-order valence-corrected chi connectivity index (χ3v) is 3.84. The molecule has 2 fully saturated rings. The number of piperidine rings is 1. The van der Waals surface area contributed by atoms with Crippen LogP contribution in [0.25, 0.3) is 0 Å². The Morgan fingerprint density at radius 3 is 2.35 bits per heavy atom. The van der Waals surface area contributed by atoms with Crippen LogP contribution in [-0.2, 0) is 4.79 Å². The molecule has 2 heterocycles. The predicted octanol–water partition coefficient (Wildman–Crippen LogP) is 0.923. The van der Waals surface area contributed by atoms with Gasteiger partial charge in [-0.25, -0.2) is 0 Å². The average Bonchev–Trinajstić information content (AvgIpc) is 2.91. The molecule has 0 bridgehead atoms. The van der Waals surface area contributed by atoms with Gasteiger partial charge in [0.1, 0.15) is 0 Å². The molecule has 17 heavy (non-hydrogen) atoms. The number of carbonyl (C=O) groups is 1. The molecule has 0 aromatic carbocycles. The van der Waals surface area contributed by atoms with E-state index in [1.807, 2.05) is 11.8 Å². The molecule has 0 aromatic rings. The zero-order chi connectivity index (χ0) is 12.3. The minimum Gasteiger partial charge on any atom is -0.411 e. The minimum atomic E-state index is -0.0339. The van der Waals surface area contributed by atoms with Gasteiger partial charge in [0, 0.05) is 39.0 Å². The van der Waals surface area contributed by atoms with Crippen LogP contribution in [0.15, 0.2) is 5.16 Å². The Labute approximate surface area is 102 Å². The van der Waals surface area contributed by atoms with Gasteiger partial charge in [-0.05, 0) is 19.8 Å². The second-order valence-electron chi connectivity index (χ2n) is 4.91. The van der Waals surface area contributed by atoms with Gasteiger partial charge in [0.25, 0.3) is 0 Å². The van der Waals surface area contributed by atoms with Gasteiger partial charge >= 0.3 is 0 Å². The van der Waals surface area contributed by atoms with Crippen molar-refractivity contribution in [3.05, 3.63) is 0 Å². The Morgan fingerprint density at radius 1 is 1.24 bits per heavy atom. The van der Waals surface area contributed by atoms with Gasteiger partial charge in [0.2, 0.25) is 5.91 Å². The van der Waals surface area contributed by atoms with E-state index in [0.717, 1.165) is 57.6 Å². The smallest absolute Gasteiger partial charge is 0.239 e. The molecule has 1 atom stereocenters. The lowest BCUT2D eigenvalue weighted by Crippen LogP contribution is -2.49. The van der Waals surface area contributed by atoms with E-state index in [-0.39, 0.29) is 11.9 Å². The van der Waals surface area contributed by atoms with Crippen molar-refractivity contribution >= 4 is 11.6 Å². The standard InChI is InChI=1S/C12H21N3O2/c1-10(12(16)15-6-2-3-7-15)14-8-4-11(13-17)5-9-14/h10,17H,2-9H2,1H3. The molecule has 2 rings (SSSR count). The van der Waals surface area contributed by atoms with Gasteiger partial charge in [-0.1, -0.05) is 5.16 Å². The van der Waals surface area contributed by atoms with Crippen LogP contribution in [0, 0.1) is 0 Å². The molecule has 0 radical (unpaired) electrons. The highest BCUT2D eigenvalue weighted by molar-refractivity contribution is 5.86. The van der Waals surface area contributed by atoms with Crippen LogP contribution >= 0.6 is 0 Å². The summed E-state index contributed by atoms with van der Waals surface area (Å²) in [6, 6.07) is -0.0339. The first-order valence-corrected chi connectivity index (χ1v) is 6.45. The molecule has 0 spiro atoms. The summed E-state index contributed by atoms with van der Waals surface area (Å²) >= 11 is 0. The summed E-state index contributed by atoms with van der Waals surface area (Å²) in [5.74, 6) is 0.256. The molecule has 5 heteroatoms. The molecular formula is C12H21N3O2. The third kappa shape index (κ3) is 2.77. The van der Waals surface area contributed by atoms with Crippen molar-refractivity contribution in [3.63, 3.8) is 0 Å². The number of oxime groups is 1. The van der Waals surface area contributed by atoms with Gasteiger partial charge in [-0.2, -0.15) is 0 Å². The number of carbonyl (C=O) groups excluding carboxylic acids is 1. The third-order valence-electron chi connectivity index (χ3n) is 3.84. The van der Waals surface area contributed by atoms with E-state index in [4.69, 9.17) is 5.21 Å². The molecule has 96 valence electrons. The Hall–Kier alpha value is -1.10. The fourth-order valence-electron chi connectivity index (χ4n) is 2.63. The van der Waals surface area contributed by atoms with E-state index in [9.17, 15) is 4.79 Å². The summed E-state index contributed by atoms with van der Waals surface area (Å²) in [7, 11) is 0. The van der Waals surface area contributed by atoms with Gasteiger partial charge < -0.3 is 10.1 Å². The van der Waals surface area contributed by atoms with Crippen LogP contribution in [0.1, 0.15) is 32.6 Å². The van der Waals surface area contributed by atoms with Crippen LogP contribution in [0.4, 0.5) is 0 Å². The van der Waals surface area contributed by atoms with E-state index in [2.05, 4.69) is 10.1 Å². The quantitative estimate of drug-likeness (QED) is 0.576. The van der Waals surface area contributed by atoms with Gasteiger partial charge in [-0.3, -0.25) is 9.69 Å². The van der Waals surface area contributed by atoms with Crippen molar-refractivity contribution in [1.29, 1.82) is 0 Å². The fourth-order valence-corrected chi connectivity index (χ4v) is 2.63. The summed E-state index contributed by atoms with van der Waals surface area (Å²) in [6.07, 6.45) is 3.82. The predicted molar refractivity (Wildman–Crippen MR) is 65.3 cm³/mol. The first-order chi connectivity index (χ1) is 8.22. The molecule has 0 aliphatic carbocycles. The van der Waals surface area contributed by atoms with Gasteiger partial charge in [-0.15, -0.1) is 0 Å². The molecular weight excluding hydrogens is 218 g/mol. The maximum atomic E-state index is 12.2. The van der Waals surface area contributed by atoms with Crippen molar-refractivity contribution < 1.29 is 10.0 Å². The second-order valence-corrected chi connectivity index (χ2v) is 4.91. The molecule has 0 aromatic heterocycles. The summed E-state index contributed by atoms with van der Waals surface area (Å²) in [5, 5.41) is 12.0. The van der Waals surface area contributed by atoms with Crippen LogP contribution < -0.4 is 0 Å². The van der Waals surface area contributed by atoms with E-state index in [1.54, 1.807) is 0 Å². The normalized spacial score (nSPS) is 23.8. The lowest BCUT2D eigenvalue weighted by molar-refractivity contribution is -0.135. The largest absolute Gasteiger partial charge is 0.411 e. The Balaban J connectivity index is 1.87. The van der Waals surface area contributed by atoms with Crippen molar-refractivity contribution in [2.75, 3.05) is 26.2 Å². The SMILES string of the molecule is CC(C(=O)N1CCCC1)N1CCC(=NO)CC1. The summed E-state index contributed by atoms with van der Waals surface area (Å²) in [4.78, 5) is 16.4. The molecule has 1 N–H and O–H groups in total. The molecule has 2 aliphatic heterocycles. The highest BCUT2D eigenvalue weighted by atomic mass is 16.4. The van der Waals surface area contributed by atoms with Crippen LogP contribution in [0.3, 0.4) is 0 Å². The highest BCUT2D eigenvalue weighted by Crippen LogP contribution is 2.15. The number of hydrogen-bond donors (Lipinski definition) is 1. The number of amides is 1. The average molecular weight is 239 g/mol. The van der Waals surface area contributed by atoms with E-state index >= 15 is 0 Å². The first-order valence-electron chi connectivity index (χ1n) is 6.45. The maximum absolute atomic E-state index is 12.2. The van der Waals surface area contributed by atoms with Crippen LogP contribution in [0.2, 0.25) is 0 Å². The van der Waals surface area contributed by atoms with Crippen LogP contribution in [-0.4, -0.2) is 58.8 Å². The van der Waals surface area contributed by atoms with Gasteiger partial charge in [0.15, 0.2) is 0 Å². The number of rotatable bonds is 2. The molecule has 2 saturated heterocycles. The van der Waals surface area contributed by atoms with E-state index < -0.39 is 0 Å². The number of hydrogen-bond acceptors (Lipinski definition) is 4. The van der Waals surface area contributed by atoms with E-state index in [0.29, 0.717) is 0 Å². The van der Waals surface area contributed by atoms with E-state index in [1.165, 1.54) is 0 Å². The van der Waals surface area contributed by atoms with Crippen molar-refractivity contribution in [3.8, 4) is 0 Å². The number of likely N-dealkylation sites (tertiary alicyclic amines) is 2. The Morgan fingerprint density at radius 2 is 1.82 bits per heavy atom. The zero-order valence-electron chi connectivity index (χ0n) is 10.4. The van der Waals surface area contributed by atoms with Crippen LogP contribution in [0.5, 0.6) is 0 Å². The number of nitrogens with zero attached hydrogens (tertiary/aromatic N) is 3. The second kappa shape index (κ2) is 5.49. The Kier molecular flexibility index (Phi) is 3.99. The maximum Gasteiger partial charge on any atom is 0.239 e. The lowest BCUT2D eigenvalue weighted by Gasteiger charge is -2.33. The zero-order valence-corrected chi connectivity index (χ0v) is 10.4. The molecule has 1 amide bonds. The lowest BCUT2D eigenvalue weighted by atomic mass is 10.1. The van der Waals surface area contributed by atoms with Crippen molar-refractivity contribution in [2.24, 2.45) is 5.16 Å². The fraction of sp³-hybridized carbons (Fsp3) is 0.833. The monoisotopic (exact) mass is 239 g/mol. The van der Waals surface area contributed by atoms with Gasteiger partial charge in [0.05, 0.1) is 11.8 Å². The highest BCUT2D eigenvalue weighted by Gasteiger charge is 2.29. The molecule has 2 aliphatic rings. The first kappa shape index (κ1) is 12.4. The summed E-state index contributed by atoms with van der Waals surface area (Å²) in [6.45, 7) is 5.46. The molecule has 0 saturated carbocycles. The summed E-state index contributed by atoms with van der Waals surface area (Å²) in [5.41, 5.74) is 0.849. The molecule has 5 nitrogen and oxygen atoms in total.